The lowest BCUT2D eigenvalue weighted by atomic mass is 10.1. The zero-order chi connectivity index (χ0) is 30.7. The van der Waals surface area contributed by atoms with Crippen LogP contribution in [0.2, 0.25) is 0 Å². The first-order valence-electron chi connectivity index (χ1n) is 16.6. The van der Waals surface area contributed by atoms with Gasteiger partial charge < -0.3 is 0 Å². The topological polar surface area (TPSA) is 13.0 Å². The van der Waals surface area contributed by atoms with Crippen LogP contribution in [0.5, 0.6) is 0 Å². The van der Waals surface area contributed by atoms with Gasteiger partial charge in [0.05, 0.1) is 0 Å². The molecule has 5 rings (SSSR count). The van der Waals surface area contributed by atoms with E-state index in [2.05, 4.69) is 169 Å². The van der Waals surface area contributed by atoms with Crippen molar-refractivity contribution in [3.63, 3.8) is 0 Å². The molecule has 1 aliphatic heterocycles. The maximum Gasteiger partial charge on any atom is 0.0237 e. The summed E-state index contributed by atoms with van der Waals surface area (Å²) in [6.07, 6.45) is 0. The summed E-state index contributed by atoms with van der Waals surface area (Å²) >= 11 is 0. The standard InChI is InChI=1S/C40H52N4/c1-33-25-42(30-38-19-11-6-12-20-38)35(3)27-44(32-40-23-15-8-16-24-40)36(4)28-43(31-39-21-13-7-14-22-39)34(2)26-41(33)29-37-17-9-5-10-18-37/h5-24,33-36H,25-32H2,1-4H3/t33-,34?,35?,36?/m0/s1. The van der Waals surface area contributed by atoms with Crippen LogP contribution >= 0.6 is 0 Å². The summed E-state index contributed by atoms with van der Waals surface area (Å²) in [5.74, 6) is 0. The number of hydrogen-bond acceptors (Lipinski definition) is 4. The molecule has 4 aromatic rings. The van der Waals surface area contributed by atoms with Gasteiger partial charge in [0.15, 0.2) is 0 Å². The van der Waals surface area contributed by atoms with E-state index in [0.717, 1.165) is 52.4 Å². The van der Waals surface area contributed by atoms with E-state index in [-0.39, 0.29) is 0 Å². The van der Waals surface area contributed by atoms with Crippen LogP contribution < -0.4 is 0 Å². The van der Waals surface area contributed by atoms with E-state index in [0.29, 0.717) is 24.2 Å². The molecule has 1 aliphatic rings. The summed E-state index contributed by atoms with van der Waals surface area (Å²) in [5.41, 5.74) is 5.55. The molecule has 0 spiro atoms. The SMILES string of the molecule is CC1CN(Cc2ccccc2)C(C)CN(Cc2ccccc2)[C@@H](C)CN(Cc2ccccc2)C(C)CN1Cc1ccccc1. The van der Waals surface area contributed by atoms with E-state index >= 15 is 0 Å². The number of rotatable bonds is 8. The average molecular weight is 589 g/mol. The molecule has 1 saturated heterocycles. The fourth-order valence-electron chi connectivity index (χ4n) is 6.69. The van der Waals surface area contributed by atoms with Gasteiger partial charge in [0.1, 0.15) is 0 Å². The monoisotopic (exact) mass is 588 g/mol. The molecule has 1 fully saturated rings. The van der Waals surface area contributed by atoms with Crippen LogP contribution in [-0.4, -0.2) is 69.9 Å². The van der Waals surface area contributed by atoms with E-state index < -0.39 is 0 Å². The fraction of sp³-hybridized carbons (Fsp3) is 0.400. The van der Waals surface area contributed by atoms with Crippen molar-refractivity contribution in [3.8, 4) is 0 Å². The van der Waals surface area contributed by atoms with Gasteiger partial charge in [-0.05, 0) is 49.9 Å². The van der Waals surface area contributed by atoms with Gasteiger partial charge in [-0.2, -0.15) is 0 Å². The Labute approximate surface area is 266 Å². The quantitative estimate of drug-likeness (QED) is 0.211. The first kappa shape index (κ1) is 32.1. The Morgan fingerprint density at radius 3 is 0.705 bits per heavy atom. The van der Waals surface area contributed by atoms with E-state index in [1.54, 1.807) is 0 Å². The van der Waals surface area contributed by atoms with Gasteiger partial charge in [0, 0.05) is 76.5 Å². The molecule has 0 radical (unpaired) electrons. The number of hydrogen-bond donors (Lipinski definition) is 0. The molecule has 0 saturated carbocycles. The normalized spacial score (nSPS) is 23.5. The second-order valence-corrected chi connectivity index (χ2v) is 13.1. The van der Waals surface area contributed by atoms with E-state index in [4.69, 9.17) is 0 Å². The molecule has 4 atom stereocenters. The molecule has 1 heterocycles. The summed E-state index contributed by atoms with van der Waals surface area (Å²) in [7, 11) is 0. The minimum atomic E-state index is 0.404. The summed E-state index contributed by atoms with van der Waals surface area (Å²) in [6.45, 7) is 17.8. The zero-order valence-corrected chi connectivity index (χ0v) is 27.3. The number of nitrogens with zero attached hydrogens (tertiary/aromatic N) is 4. The molecule has 44 heavy (non-hydrogen) atoms. The molecule has 0 amide bonds. The van der Waals surface area contributed by atoms with E-state index in [9.17, 15) is 0 Å². The molecule has 0 N–H and O–H groups in total. The van der Waals surface area contributed by atoms with Crippen molar-refractivity contribution in [2.75, 3.05) is 26.2 Å². The van der Waals surface area contributed by atoms with Crippen molar-refractivity contribution in [2.45, 2.75) is 78.0 Å². The van der Waals surface area contributed by atoms with Crippen LogP contribution in [0.4, 0.5) is 0 Å². The molecule has 4 aromatic carbocycles. The average Bonchev–Trinajstić information content (AvgIpc) is 3.05. The Balaban J connectivity index is 1.47. The summed E-state index contributed by atoms with van der Waals surface area (Å²) in [6, 6.07) is 45.8. The van der Waals surface area contributed by atoms with Crippen LogP contribution in [-0.2, 0) is 26.2 Å². The first-order chi connectivity index (χ1) is 21.4. The second kappa shape index (κ2) is 16.2. The predicted molar refractivity (Wildman–Crippen MR) is 185 cm³/mol. The Hall–Kier alpha value is -3.28. The Kier molecular flexibility index (Phi) is 11.8. The summed E-state index contributed by atoms with van der Waals surface area (Å²) in [5, 5.41) is 0. The largest absolute Gasteiger partial charge is 0.294 e. The third kappa shape index (κ3) is 9.36. The lowest BCUT2D eigenvalue weighted by Crippen LogP contribution is -2.55. The van der Waals surface area contributed by atoms with Crippen molar-refractivity contribution in [1.29, 1.82) is 0 Å². The lowest BCUT2D eigenvalue weighted by Gasteiger charge is -2.44. The van der Waals surface area contributed by atoms with Gasteiger partial charge in [-0.15, -0.1) is 0 Å². The summed E-state index contributed by atoms with van der Waals surface area (Å²) in [4.78, 5) is 10.9. The smallest absolute Gasteiger partial charge is 0.0237 e. The highest BCUT2D eigenvalue weighted by Gasteiger charge is 2.30. The number of benzene rings is 4. The van der Waals surface area contributed by atoms with E-state index in [1.807, 2.05) is 0 Å². The molecule has 0 aliphatic carbocycles. The van der Waals surface area contributed by atoms with Crippen molar-refractivity contribution >= 4 is 0 Å². The van der Waals surface area contributed by atoms with Gasteiger partial charge in [-0.3, -0.25) is 19.6 Å². The van der Waals surface area contributed by atoms with Gasteiger partial charge in [0.2, 0.25) is 0 Å². The molecule has 4 heteroatoms. The van der Waals surface area contributed by atoms with Gasteiger partial charge in [-0.25, -0.2) is 0 Å². The second-order valence-electron chi connectivity index (χ2n) is 13.1. The summed E-state index contributed by atoms with van der Waals surface area (Å²) < 4.78 is 0. The maximum absolute atomic E-state index is 2.73. The fourth-order valence-corrected chi connectivity index (χ4v) is 6.69. The minimum absolute atomic E-state index is 0.404. The van der Waals surface area contributed by atoms with Crippen LogP contribution in [0.25, 0.3) is 0 Å². The highest BCUT2D eigenvalue weighted by Crippen LogP contribution is 2.21. The third-order valence-electron chi connectivity index (χ3n) is 9.40. The maximum atomic E-state index is 2.73. The third-order valence-corrected chi connectivity index (χ3v) is 9.40. The molecule has 4 nitrogen and oxygen atoms in total. The van der Waals surface area contributed by atoms with Gasteiger partial charge in [-0.1, -0.05) is 121 Å². The molecular weight excluding hydrogens is 536 g/mol. The Morgan fingerprint density at radius 1 is 0.341 bits per heavy atom. The molecule has 0 aromatic heterocycles. The first-order valence-corrected chi connectivity index (χ1v) is 16.6. The van der Waals surface area contributed by atoms with Crippen molar-refractivity contribution < 1.29 is 0 Å². The van der Waals surface area contributed by atoms with Crippen molar-refractivity contribution in [2.24, 2.45) is 0 Å². The molecule has 232 valence electrons. The molecule has 0 bridgehead atoms. The van der Waals surface area contributed by atoms with Crippen LogP contribution in [0.15, 0.2) is 121 Å². The van der Waals surface area contributed by atoms with Crippen LogP contribution in [0.3, 0.4) is 0 Å². The minimum Gasteiger partial charge on any atom is -0.294 e. The predicted octanol–water partition coefficient (Wildman–Crippen LogP) is 7.56. The Morgan fingerprint density at radius 2 is 0.523 bits per heavy atom. The highest BCUT2D eigenvalue weighted by atomic mass is 15.3. The van der Waals surface area contributed by atoms with Gasteiger partial charge >= 0.3 is 0 Å². The van der Waals surface area contributed by atoms with Gasteiger partial charge in [0.25, 0.3) is 0 Å². The van der Waals surface area contributed by atoms with Crippen molar-refractivity contribution in [1.82, 2.24) is 19.6 Å². The lowest BCUT2D eigenvalue weighted by molar-refractivity contribution is 0.0328. The molecule has 3 unspecified atom stereocenters. The highest BCUT2D eigenvalue weighted by molar-refractivity contribution is 5.18. The molecular formula is C40H52N4. The zero-order valence-electron chi connectivity index (χ0n) is 27.3. The van der Waals surface area contributed by atoms with Crippen molar-refractivity contribution in [3.05, 3.63) is 144 Å². The Bertz CT molecular complexity index is 1130. The van der Waals surface area contributed by atoms with Crippen LogP contribution in [0, 0.1) is 0 Å². The van der Waals surface area contributed by atoms with Crippen LogP contribution in [0.1, 0.15) is 49.9 Å². The van der Waals surface area contributed by atoms with E-state index in [1.165, 1.54) is 22.3 Å².